The van der Waals surface area contributed by atoms with E-state index in [1.165, 1.54) is 12.1 Å². The summed E-state index contributed by atoms with van der Waals surface area (Å²) in [5.41, 5.74) is 6.65. The molecule has 0 bridgehead atoms. The molecular formula is C11H10N4O3. The average Bonchev–Trinajstić information content (AvgIpc) is 2.81. The summed E-state index contributed by atoms with van der Waals surface area (Å²) >= 11 is 0. The Kier molecular flexibility index (Phi) is 2.96. The number of nitrogens with one attached hydrogen (secondary N) is 2. The summed E-state index contributed by atoms with van der Waals surface area (Å²) in [6.45, 7) is 0. The molecule has 92 valence electrons. The molecule has 1 heterocycles. The third kappa shape index (κ3) is 2.29. The SMILES string of the molecule is Nc1ccccc1NC(=O)c1ccc([N+](=O)[O-])[nH]1. The third-order valence-corrected chi connectivity index (χ3v) is 2.32. The second-order valence-electron chi connectivity index (χ2n) is 3.56. The highest BCUT2D eigenvalue weighted by molar-refractivity contribution is 6.04. The number of anilines is 2. The van der Waals surface area contributed by atoms with Crippen molar-refractivity contribution < 1.29 is 9.72 Å². The number of benzene rings is 1. The van der Waals surface area contributed by atoms with Crippen molar-refractivity contribution >= 4 is 23.1 Å². The van der Waals surface area contributed by atoms with Crippen LogP contribution in [0.4, 0.5) is 17.2 Å². The molecule has 0 fully saturated rings. The highest BCUT2D eigenvalue weighted by Crippen LogP contribution is 2.18. The number of nitrogens with two attached hydrogens (primary N) is 1. The predicted molar refractivity (Wildman–Crippen MR) is 66.3 cm³/mol. The molecule has 7 nitrogen and oxygen atoms in total. The highest BCUT2D eigenvalue weighted by atomic mass is 16.6. The van der Waals surface area contributed by atoms with E-state index >= 15 is 0 Å². The molecule has 7 heteroatoms. The minimum atomic E-state index is -0.604. The number of para-hydroxylation sites is 2. The Hall–Kier alpha value is -2.83. The van der Waals surface area contributed by atoms with Crippen LogP contribution in [0.15, 0.2) is 36.4 Å². The normalized spacial score (nSPS) is 10.0. The number of H-pyrrole nitrogens is 1. The molecular weight excluding hydrogens is 236 g/mol. The Labute approximate surface area is 102 Å². The Balaban J connectivity index is 2.17. The molecule has 0 saturated carbocycles. The van der Waals surface area contributed by atoms with Gasteiger partial charge in [-0.15, -0.1) is 0 Å². The summed E-state index contributed by atoms with van der Waals surface area (Å²) in [6, 6.07) is 9.32. The van der Waals surface area contributed by atoms with Gasteiger partial charge in [0.15, 0.2) is 5.69 Å². The van der Waals surface area contributed by atoms with Crippen LogP contribution in [-0.4, -0.2) is 15.8 Å². The molecule has 0 aliphatic heterocycles. The summed E-state index contributed by atoms with van der Waals surface area (Å²) in [4.78, 5) is 24.1. The standard InChI is InChI=1S/C11H10N4O3/c12-7-3-1-2-4-8(7)14-11(16)9-5-6-10(13-9)15(17)18/h1-6,13H,12H2,(H,14,16). The van der Waals surface area contributed by atoms with Crippen LogP contribution in [0.5, 0.6) is 0 Å². The number of amides is 1. The summed E-state index contributed by atoms with van der Waals surface area (Å²) in [5, 5.41) is 13.0. The Bertz CT molecular complexity index is 606. The zero-order chi connectivity index (χ0) is 13.1. The van der Waals surface area contributed by atoms with Crippen molar-refractivity contribution in [1.82, 2.24) is 4.98 Å². The number of hydrogen-bond donors (Lipinski definition) is 3. The lowest BCUT2D eigenvalue weighted by molar-refractivity contribution is -0.389. The maximum absolute atomic E-state index is 11.8. The lowest BCUT2D eigenvalue weighted by Gasteiger charge is -2.05. The van der Waals surface area contributed by atoms with E-state index in [0.29, 0.717) is 11.4 Å². The van der Waals surface area contributed by atoms with Crippen LogP contribution in [0.25, 0.3) is 0 Å². The molecule has 1 aromatic heterocycles. The molecule has 1 amide bonds. The van der Waals surface area contributed by atoms with Crippen molar-refractivity contribution in [3.05, 3.63) is 52.2 Å². The number of aromatic nitrogens is 1. The summed E-state index contributed by atoms with van der Waals surface area (Å²) in [6.07, 6.45) is 0. The number of carbonyl (C=O) groups is 1. The van der Waals surface area contributed by atoms with Gasteiger partial charge in [0.1, 0.15) is 0 Å². The molecule has 0 spiro atoms. The molecule has 0 aliphatic carbocycles. The molecule has 18 heavy (non-hydrogen) atoms. The van der Waals surface area contributed by atoms with Crippen molar-refractivity contribution in [2.24, 2.45) is 0 Å². The van der Waals surface area contributed by atoms with Gasteiger partial charge in [-0.25, -0.2) is 4.98 Å². The van der Waals surface area contributed by atoms with E-state index < -0.39 is 10.8 Å². The van der Waals surface area contributed by atoms with E-state index in [4.69, 9.17) is 5.73 Å². The molecule has 2 aromatic rings. The number of aromatic amines is 1. The maximum Gasteiger partial charge on any atom is 0.321 e. The Morgan fingerprint density at radius 2 is 2.00 bits per heavy atom. The smallest absolute Gasteiger partial charge is 0.321 e. The van der Waals surface area contributed by atoms with Gasteiger partial charge in [0.2, 0.25) is 0 Å². The van der Waals surface area contributed by atoms with Gasteiger partial charge in [-0.1, -0.05) is 12.1 Å². The second-order valence-corrected chi connectivity index (χ2v) is 3.56. The number of rotatable bonds is 3. The van der Waals surface area contributed by atoms with Crippen molar-refractivity contribution in [3.63, 3.8) is 0 Å². The molecule has 0 atom stereocenters. The maximum atomic E-state index is 11.8. The zero-order valence-electron chi connectivity index (χ0n) is 9.21. The van der Waals surface area contributed by atoms with Crippen LogP contribution in [0.3, 0.4) is 0 Å². The van der Waals surface area contributed by atoms with Crippen LogP contribution in [0.1, 0.15) is 10.5 Å². The average molecular weight is 246 g/mol. The van der Waals surface area contributed by atoms with E-state index in [0.717, 1.165) is 0 Å². The van der Waals surface area contributed by atoms with Crippen LogP contribution >= 0.6 is 0 Å². The number of nitro groups is 1. The van der Waals surface area contributed by atoms with Crippen LogP contribution in [0.2, 0.25) is 0 Å². The van der Waals surface area contributed by atoms with Crippen LogP contribution in [-0.2, 0) is 0 Å². The number of nitrogen functional groups attached to an aromatic ring is 1. The number of hydrogen-bond acceptors (Lipinski definition) is 4. The second kappa shape index (κ2) is 4.58. The van der Waals surface area contributed by atoms with Crippen LogP contribution < -0.4 is 11.1 Å². The molecule has 0 unspecified atom stereocenters. The first kappa shape index (κ1) is 11.6. The van der Waals surface area contributed by atoms with Gasteiger partial charge in [0, 0.05) is 6.07 Å². The fourth-order valence-electron chi connectivity index (χ4n) is 1.42. The van der Waals surface area contributed by atoms with E-state index in [1.807, 2.05) is 0 Å². The number of carbonyl (C=O) groups excluding carboxylic acids is 1. The van der Waals surface area contributed by atoms with Crippen molar-refractivity contribution in [2.45, 2.75) is 0 Å². The van der Waals surface area contributed by atoms with Gasteiger partial charge >= 0.3 is 5.82 Å². The van der Waals surface area contributed by atoms with E-state index in [9.17, 15) is 14.9 Å². The Morgan fingerprint density at radius 3 is 2.61 bits per heavy atom. The van der Waals surface area contributed by atoms with Gasteiger partial charge < -0.3 is 21.2 Å². The first-order valence-corrected chi connectivity index (χ1v) is 5.07. The molecule has 0 radical (unpaired) electrons. The molecule has 4 N–H and O–H groups in total. The lowest BCUT2D eigenvalue weighted by atomic mass is 10.2. The first-order chi connectivity index (χ1) is 8.58. The zero-order valence-corrected chi connectivity index (χ0v) is 9.21. The van der Waals surface area contributed by atoms with Gasteiger partial charge in [-0.2, -0.15) is 0 Å². The molecule has 0 aliphatic rings. The van der Waals surface area contributed by atoms with E-state index in [-0.39, 0.29) is 11.5 Å². The van der Waals surface area contributed by atoms with Gasteiger partial charge in [0.05, 0.1) is 11.4 Å². The molecule has 2 rings (SSSR count). The number of nitrogens with zero attached hydrogens (tertiary/aromatic N) is 1. The summed E-state index contributed by atoms with van der Waals surface area (Å²) in [5.74, 6) is -0.720. The monoisotopic (exact) mass is 246 g/mol. The topological polar surface area (TPSA) is 114 Å². The minimum Gasteiger partial charge on any atom is -0.397 e. The predicted octanol–water partition coefficient (Wildman–Crippen LogP) is 1.76. The van der Waals surface area contributed by atoms with Gasteiger partial charge in [-0.3, -0.25) is 4.79 Å². The van der Waals surface area contributed by atoms with E-state index in [1.54, 1.807) is 24.3 Å². The van der Waals surface area contributed by atoms with E-state index in [2.05, 4.69) is 10.3 Å². The molecule has 1 aromatic carbocycles. The fourth-order valence-corrected chi connectivity index (χ4v) is 1.42. The largest absolute Gasteiger partial charge is 0.397 e. The quantitative estimate of drug-likeness (QED) is 0.434. The van der Waals surface area contributed by atoms with Gasteiger partial charge in [0.25, 0.3) is 5.91 Å². The Morgan fingerprint density at radius 1 is 1.28 bits per heavy atom. The first-order valence-electron chi connectivity index (χ1n) is 5.07. The summed E-state index contributed by atoms with van der Waals surface area (Å²) in [7, 11) is 0. The third-order valence-electron chi connectivity index (χ3n) is 2.32. The molecule has 0 saturated heterocycles. The van der Waals surface area contributed by atoms with Crippen LogP contribution in [0, 0.1) is 10.1 Å². The van der Waals surface area contributed by atoms with Crippen molar-refractivity contribution in [1.29, 1.82) is 0 Å². The lowest BCUT2D eigenvalue weighted by Crippen LogP contribution is -2.13. The minimum absolute atomic E-state index is 0.102. The fraction of sp³-hybridized carbons (Fsp3) is 0. The van der Waals surface area contributed by atoms with Crippen molar-refractivity contribution in [2.75, 3.05) is 11.1 Å². The summed E-state index contributed by atoms with van der Waals surface area (Å²) < 4.78 is 0. The highest BCUT2D eigenvalue weighted by Gasteiger charge is 2.15. The van der Waals surface area contributed by atoms with Gasteiger partial charge in [-0.05, 0) is 23.1 Å². The van der Waals surface area contributed by atoms with Crippen molar-refractivity contribution in [3.8, 4) is 0 Å².